The van der Waals surface area contributed by atoms with Gasteiger partial charge >= 0.3 is 0 Å². The van der Waals surface area contributed by atoms with Crippen molar-refractivity contribution in [1.82, 2.24) is 4.98 Å². The average Bonchev–Trinajstić information content (AvgIpc) is 2.18. The summed E-state index contributed by atoms with van der Waals surface area (Å²) in [6, 6.07) is 4.22. The normalized spacial score (nSPS) is 12.4. The summed E-state index contributed by atoms with van der Waals surface area (Å²) in [6.45, 7) is 4.33. The standard InChI is InChI=1S/C10H17N3S/c1-3-14-7-8(2)13-9-4-5-10(11)12-6-9/h4-6,8,13H,3,7H2,1-2H3,(H2,11,12). The summed E-state index contributed by atoms with van der Waals surface area (Å²) >= 11 is 1.93. The molecule has 14 heavy (non-hydrogen) atoms. The average molecular weight is 211 g/mol. The van der Waals surface area contributed by atoms with Gasteiger partial charge in [-0.2, -0.15) is 11.8 Å². The van der Waals surface area contributed by atoms with E-state index in [1.165, 1.54) is 0 Å². The van der Waals surface area contributed by atoms with Crippen molar-refractivity contribution in [2.75, 3.05) is 22.6 Å². The molecule has 3 N–H and O–H groups in total. The number of hydrogen-bond donors (Lipinski definition) is 2. The van der Waals surface area contributed by atoms with Crippen LogP contribution in [0, 0.1) is 0 Å². The van der Waals surface area contributed by atoms with Gasteiger partial charge < -0.3 is 11.1 Å². The molecule has 0 amide bonds. The number of thioether (sulfide) groups is 1. The molecule has 1 atom stereocenters. The van der Waals surface area contributed by atoms with Gasteiger partial charge in [0.2, 0.25) is 0 Å². The molecule has 1 aromatic heterocycles. The van der Waals surface area contributed by atoms with Gasteiger partial charge in [0.15, 0.2) is 0 Å². The third-order valence-corrected chi connectivity index (χ3v) is 2.92. The van der Waals surface area contributed by atoms with Gasteiger partial charge in [0.1, 0.15) is 5.82 Å². The van der Waals surface area contributed by atoms with Crippen LogP contribution in [0.15, 0.2) is 18.3 Å². The zero-order valence-corrected chi connectivity index (χ0v) is 9.47. The van der Waals surface area contributed by atoms with Crippen molar-refractivity contribution in [3.8, 4) is 0 Å². The quantitative estimate of drug-likeness (QED) is 0.784. The second-order valence-corrected chi connectivity index (χ2v) is 4.50. The molecule has 78 valence electrons. The number of nitrogens with one attached hydrogen (secondary N) is 1. The molecular formula is C10H17N3S. The van der Waals surface area contributed by atoms with E-state index < -0.39 is 0 Å². The molecule has 1 unspecified atom stereocenters. The van der Waals surface area contributed by atoms with E-state index in [2.05, 4.69) is 24.1 Å². The zero-order chi connectivity index (χ0) is 10.4. The fraction of sp³-hybridized carbons (Fsp3) is 0.500. The SMILES string of the molecule is CCSCC(C)Nc1ccc(N)nc1. The van der Waals surface area contributed by atoms with Gasteiger partial charge in [0.25, 0.3) is 0 Å². The molecule has 0 saturated carbocycles. The fourth-order valence-corrected chi connectivity index (χ4v) is 1.78. The number of nitrogens with zero attached hydrogens (tertiary/aromatic N) is 1. The van der Waals surface area contributed by atoms with E-state index in [4.69, 9.17) is 5.73 Å². The minimum Gasteiger partial charge on any atom is -0.384 e. The Labute approximate surface area is 89.5 Å². The van der Waals surface area contributed by atoms with Gasteiger partial charge in [0.05, 0.1) is 11.9 Å². The Morgan fingerprint density at radius 2 is 2.36 bits per heavy atom. The molecule has 0 saturated heterocycles. The lowest BCUT2D eigenvalue weighted by atomic mass is 10.3. The van der Waals surface area contributed by atoms with Crippen LogP contribution in [0.25, 0.3) is 0 Å². The summed E-state index contributed by atoms with van der Waals surface area (Å²) in [5, 5.41) is 3.36. The molecule has 0 aliphatic heterocycles. The molecular weight excluding hydrogens is 194 g/mol. The van der Waals surface area contributed by atoms with Crippen molar-refractivity contribution in [2.24, 2.45) is 0 Å². The molecule has 0 aliphatic rings. The number of rotatable bonds is 5. The van der Waals surface area contributed by atoms with Crippen LogP contribution >= 0.6 is 11.8 Å². The Balaban J connectivity index is 2.39. The van der Waals surface area contributed by atoms with Crippen LogP contribution in [0.1, 0.15) is 13.8 Å². The van der Waals surface area contributed by atoms with Gasteiger partial charge in [-0.25, -0.2) is 4.98 Å². The number of hydrogen-bond acceptors (Lipinski definition) is 4. The van der Waals surface area contributed by atoms with Crippen LogP contribution in [0.5, 0.6) is 0 Å². The van der Waals surface area contributed by atoms with Crippen molar-refractivity contribution < 1.29 is 0 Å². The second kappa shape index (κ2) is 5.75. The summed E-state index contributed by atoms with van der Waals surface area (Å²) in [5.41, 5.74) is 6.53. The molecule has 3 nitrogen and oxygen atoms in total. The lowest BCUT2D eigenvalue weighted by Gasteiger charge is -2.13. The fourth-order valence-electron chi connectivity index (χ4n) is 1.11. The molecule has 1 aromatic rings. The van der Waals surface area contributed by atoms with E-state index in [0.29, 0.717) is 11.9 Å². The Kier molecular flexibility index (Phi) is 4.59. The highest BCUT2D eigenvalue weighted by atomic mass is 32.2. The van der Waals surface area contributed by atoms with Gasteiger partial charge in [-0.3, -0.25) is 0 Å². The number of nitrogens with two attached hydrogens (primary N) is 1. The van der Waals surface area contributed by atoms with Crippen LogP contribution < -0.4 is 11.1 Å². The van der Waals surface area contributed by atoms with Gasteiger partial charge in [0, 0.05) is 11.8 Å². The molecule has 1 heterocycles. The Morgan fingerprint density at radius 3 is 2.93 bits per heavy atom. The van der Waals surface area contributed by atoms with Gasteiger partial charge in [-0.15, -0.1) is 0 Å². The Hall–Kier alpha value is -0.900. The molecule has 0 bridgehead atoms. The van der Waals surface area contributed by atoms with E-state index in [1.54, 1.807) is 6.20 Å². The molecule has 0 aliphatic carbocycles. The Bertz CT molecular complexity index is 261. The number of aromatic nitrogens is 1. The van der Waals surface area contributed by atoms with Crippen LogP contribution in [0.2, 0.25) is 0 Å². The van der Waals surface area contributed by atoms with Gasteiger partial charge in [-0.1, -0.05) is 6.92 Å². The summed E-state index contributed by atoms with van der Waals surface area (Å²) in [5.74, 6) is 2.83. The van der Waals surface area contributed by atoms with E-state index in [0.717, 1.165) is 17.2 Å². The molecule has 0 spiro atoms. The smallest absolute Gasteiger partial charge is 0.123 e. The van der Waals surface area contributed by atoms with E-state index in [9.17, 15) is 0 Å². The molecule has 0 aromatic carbocycles. The van der Waals surface area contributed by atoms with Crippen molar-refractivity contribution in [3.63, 3.8) is 0 Å². The first-order valence-electron chi connectivity index (χ1n) is 4.78. The summed E-state index contributed by atoms with van der Waals surface area (Å²) in [7, 11) is 0. The number of anilines is 2. The minimum atomic E-state index is 0.463. The first-order chi connectivity index (χ1) is 6.72. The first-order valence-corrected chi connectivity index (χ1v) is 5.93. The molecule has 4 heteroatoms. The number of nitrogen functional groups attached to an aromatic ring is 1. The first kappa shape index (κ1) is 11.2. The largest absolute Gasteiger partial charge is 0.384 e. The summed E-state index contributed by atoms with van der Waals surface area (Å²) in [4.78, 5) is 4.02. The maximum atomic E-state index is 5.49. The van der Waals surface area contributed by atoms with Crippen LogP contribution in [0.4, 0.5) is 11.5 Å². The Morgan fingerprint density at radius 1 is 1.57 bits per heavy atom. The highest BCUT2D eigenvalue weighted by Gasteiger charge is 2.01. The molecule has 1 rings (SSSR count). The van der Waals surface area contributed by atoms with Crippen LogP contribution in [-0.4, -0.2) is 22.5 Å². The van der Waals surface area contributed by atoms with Crippen molar-refractivity contribution in [2.45, 2.75) is 19.9 Å². The minimum absolute atomic E-state index is 0.463. The van der Waals surface area contributed by atoms with Crippen LogP contribution in [-0.2, 0) is 0 Å². The highest BCUT2D eigenvalue weighted by molar-refractivity contribution is 7.99. The van der Waals surface area contributed by atoms with Crippen molar-refractivity contribution in [1.29, 1.82) is 0 Å². The maximum Gasteiger partial charge on any atom is 0.123 e. The predicted octanol–water partition coefficient (Wildman–Crippen LogP) is 2.22. The monoisotopic (exact) mass is 211 g/mol. The van der Waals surface area contributed by atoms with Crippen LogP contribution in [0.3, 0.4) is 0 Å². The predicted molar refractivity (Wildman–Crippen MR) is 64.7 cm³/mol. The summed E-state index contributed by atoms with van der Waals surface area (Å²) in [6.07, 6.45) is 1.77. The number of pyridine rings is 1. The second-order valence-electron chi connectivity index (χ2n) is 3.18. The van der Waals surface area contributed by atoms with E-state index in [1.807, 2.05) is 23.9 Å². The van der Waals surface area contributed by atoms with E-state index >= 15 is 0 Å². The van der Waals surface area contributed by atoms with Crippen molar-refractivity contribution in [3.05, 3.63) is 18.3 Å². The lowest BCUT2D eigenvalue weighted by molar-refractivity contribution is 0.911. The summed E-state index contributed by atoms with van der Waals surface area (Å²) < 4.78 is 0. The molecule has 0 fully saturated rings. The lowest BCUT2D eigenvalue weighted by Crippen LogP contribution is -2.18. The highest BCUT2D eigenvalue weighted by Crippen LogP contribution is 2.11. The topological polar surface area (TPSA) is 50.9 Å². The zero-order valence-electron chi connectivity index (χ0n) is 8.66. The van der Waals surface area contributed by atoms with E-state index in [-0.39, 0.29) is 0 Å². The molecule has 0 radical (unpaired) electrons. The van der Waals surface area contributed by atoms with Crippen molar-refractivity contribution >= 4 is 23.3 Å². The maximum absolute atomic E-state index is 5.49. The third kappa shape index (κ3) is 3.87. The third-order valence-electron chi connectivity index (χ3n) is 1.77. The van der Waals surface area contributed by atoms with Gasteiger partial charge in [-0.05, 0) is 24.8 Å².